The lowest BCUT2D eigenvalue weighted by molar-refractivity contribution is -0.115. The van der Waals surface area contributed by atoms with Gasteiger partial charge in [0.25, 0.3) is 0 Å². The summed E-state index contributed by atoms with van der Waals surface area (Å²) in [6, 6.07) is 13.3. The summed E-state index contributed by atoms with van der Waals surface area (Å²) in [6.45, 7) is 6.13. The Morgan fingerprint density at radius 1 is 1.15 bits per heavy atom. The number of nitrogens with zero attached hydrogens (tertiary/aromatic N) is 1. The fourth-order valence-corrected chi connectivity index (χ4v) is 3.19. The number of aryl methyl sites for hydroxylation is 3. The maximum atomic E-state index is 12.3. The fourth-order valence-electron chi connectivity index (χ4n) is 2.71. The van der Waals surface area contributed by atoms with Crippen LogP contribution in [0.1, 0.15) is 28.1 Å². The first-order valence-corrected chi connectivity index (χ1v) is 9.41. The molecule has 0 atom stereocenters. The minimum atomic E-state index is -0.0511. The van der Waals surface area contributed by atoms with Crippen molar-refractivity contribution in [3.63, 3.8) is 0 Å². The van der Waals surface area contributed by atoms with Gasteiger partial charge in [0, 0.05) is 10.2 Å². The number of hydrogen-bond acceptors (Lipinski definition) is 4. The van der Waals surface area contributed by atoms with Gasteiger partial charge in [-0.15, -0.1) is 0 Å². The largest absolute Gasteiger partial charge is 0.489 e. The second-order valence-corrected chi connectivity index (χ2v) is 7.34. The Kier molecular flexibility index (Phi) is 5.96. The maximum Gasteiger partial charge on any atom is 0.228 e. The molecule has 0 aliphatic rings. The first-order chi connectivity index (χ1) is 12.9. The zero-order chi connectivity index (χ0) is 19.4. The Morgan fingerprint density at radius 3 is 2.52 bits per heavy atom. The summed E-state index contributed by atoms with van der Waals surface area (Å²) in [5, 5.41) is 6.87. The minimum Gasteiger partial charge on any atom is -0.489 e. The monoisotopic (exact) mass is 428 g/mol. The van der Waals surface area contributed by atoms with Crippen LogP contribution in [0.15, 0.2) is 51.5 Å². The van der Waals surface area contributed by atoms with Gasteiger partial charge in [-0.2, -0.15) is 0 Å². The predicted molar refractivity (Wildman–Crippen MR) is 108 cm³/mol. The first-order valence-electron chi connectivity index (χ1n) is 8.62. The number of hydrogen-bond donors (Lipinski definition) is 1. The number of benzene rings is 2. The summed E-state index contributed by atoms with van der Waals surface area (Å²) in [7, 11) is 0. The molecule has 0 saturated heterocycles. The molecule has 0 aliphatic carbocycles. The number of carbonyl (C=O) groups excluding carboxylic acids is 1. The molecule has 27 heavy (non-hydrogen) atoms. The van der Waals surface area contributed by atoms with E-state index in [2.05, 4.69) is 26.4 Å². The molecular weight excluding hydrogens is 408 g/mol. The summed E-state index contributed by atoms with van der Waals surface area (Å²) < 4.78 is 11.9. The van der Waals surface area contributed by atoms with Crippen LogP contribution in [0.3, 0.4) is 0 Å². The van der Waals surface area contributed by atoms with E-state index in [1.165, 1.54) is 0 Å². The van der Waals surface area contributed by atoms with Crippen molar-refractivity contribution in [1.29, 1.82) is 0 Å². The Labute approximate surface area is 166 Å². The van der Waals surface area contributed by atoms with E-state index in [1.807, 2.05) is 63.2 Å². The summed E-state index contributed by atoms with van der Waals surface area (Å²) >= 11 is 3.42. The van der Waals surface area contributed by atoms with E-state index < -0.39 is 0 Å². The topological polar surface area (TPSA) is 64.4 Å². The number of nitrogens with one attached hydrogen (secondary N) is 1. The summed E-state index contributed by atoms with van der Waals surface area (Å²) in [4.78, 5) is 12.3. The molecule has 3 rings (SSSR count). The fraction of sp³-hybridized carbons (Fsp3) is 0.238. The standard InChI is InChI=1S/C21H21BrN2O3/c1-13-10-17(22)6-9-20(13)23-21(25)11-16-4-7-18(8-5-16)26-12-19-14(2)24-27-15(19)3/h4-10H,11-12H2,1-3H3,(H,23,25). The molecule has 3 aromatic rings. The molecule has 0 spiro atoms. The SMILES string of the molecule is Cc1cc(Br)ccc1NC(=O)Cc1ccc(OCc2c(C)noc2C)cc1. The van der Waals surface area contributed by atoms with Crippen molar-refractivity contribution in [3.8, 4) is 5.75 Å². The zero-order valence-corrected chi connectivity index (χ0v) is 17.1. The molecule has 0 fully saturated rings. The number of ether oxygens (including phenoxy) is 1. The smallest absolute Gasteiger partial charge is 0.228 e. The van der Waals surface area contributed by atoms with E-state index >= 15 is 0 Å². The van der Waals surface area contributed by atoms with E-state index in [0.29, 0.717) is 13.0 Å². The van der Waals surface area contributed by atoms with Crippen molar-refractivity contribution in [2.45, 2.75) is 33.8 Å². The van der Waals surface area contributed by atoms with Gasteiger partial charge < -0.3 is 14.6 Å². The molecule has 0 saturated carbocycles. The molecule has 1 heterocycles. The van der Waals surface area contributed by atoms with Gasteiger partial charge in [-0.05, 0) is 62.2 Å². The molecule has 0 aliphatic heterocycles. The van der Waals surface area contributed by atoms with Crippen molar-refractivity contribution in [1.82, 2.24) is 5.16 Å². The number of rotatable bonds is 6. The highest BCUT2D eigenvalue weighted by Crippen LogP contribution is 2.21. The lowest BCUT2D eigenvalue weighted by Crippen LogP contribution is -2.15. The molecule has 2 aromatic carbocycles. The maximum absolute atomic E-state index is 12.3. The second kappa shape index (κ2) is 8.39. The van der Waals surface area contributed by atoms with Gasteiger partial charge in [-0.25, -0.2) is 0 Å². The van der Waals surface area contributed by atoms with E-state index in [0.717, 1.165) is 44.1 Å². The van der Waals surface area contributed by atoms with E-state index in [9.17, 15) is 4.79 Å². The highest BCUT2D eigenvalue weighted by Gasteiger charge is 2.10. The van der Waals surface area contributed by atoms with E-state index in [-0.39, 0.29) is 5.91 Å². The lowest BCUT2D eigenvalue weighted by atomic mass is 10.1. The molecule has 6 heteroatoms. The van der Waals surface area contributed by atoms with Crippen LogP contribution in [0.2, 0.25) is 0 Å². The van der Waals surface area contributed by atoms with E-state index in [1.54, 1.807) is 0 Å². The van der Waals surface area contributed by atoms with Crippen LogP contribution in [0, 0.1) is 20.8 Å². The number of halogens is 1. The second-order valence-electron chi connectivity index (χ2n) is 6.42. The third-order valence-electron chi connectivity index (χ3n) is 4.31. The van der Waals surface area contributed by atoms with Gasteiger partial charge in [-0.1, -0.05) is 33.2 Å². The van der Waals surface area contributed by atoms with Gasteiger partial charge in [0.1, 0.15) is 18.1 Å². The van der Waals surface area contributed by atoms with Gasteiger partial charge >= 0.3 is 0 Å². The van der Waals surface area contributed by atoms with Crippen LogP contribution in [-0.2, 0) is 17.8 Å². The average Bonchev–Trinajstić information content (AvgIpc) is 2.95. The normalized spacial score (nSPS) is 10.7. The van der Waals surface area contributed by atoms with Gasteiger partial charge in [0.05, 0.1) is 17.7 Å². The number of amides is 1. The highest BCUT2D eigenvalue weighted by molar-refractivity contribution is 9.10. The molecule has 0 unspecified atom stereocenters. The van der Waals surface area contributed by atoms with Crippen molar-refractivity contribution in [2.24, 2.45) is 0 Å². The Bertz CT molecular complexity index is 929. The summed E-state index contributed by atoms with van der Waals surface area (Å²) in [6.07, 6.45) is 0.305. The molecule has 1 N–H and O–H groups in total. The Balaban J connectivity index is 1.56. The van der Waals surface area contributed by atoms with E-state index in [4.69, 9.17) is 9.26 Å². The Hall–Kier alpha value is -2.60. The summed E-state index contributed by atoms with van der Waals surface area (Å²) in [5.74, 6) is 1.46. The van der Waals surface area contributed by atoms with Gasteiger partial charge in [0.15, 0.2) is 0 Å². The molecule has 0 radical (unpaired) electrons. The van der Waals surface area contributed by atoms with Crippen LogP contribution in [0.25, 0.3) is 0 Å². The molecule has 5 nitrogen and oxygen atoms in total. The van der Waals surface area contributed by atoms with Crippen LogP contribution < -0.4 is 10.1 Å². The molecular formula is C21H21BrN2O3. The number of carbonyl (C=O) groups is 1. The summed E-state index contributed by atoms with van der Waals surface area (Å²) in [5.41, 5.74) is 4.56. The molecule has 140 valence electrons. The van der Waals surface area contributed by atoms with Crippen molar-refractivity contribution in [3.05, 3.63) is 75.1 Å². The third-order valence-corrected chi connectivity index (χ3v) is 4.81. The quantitative estimate of drug-likeness (QED) is 0.591. The van der Waals surface area contributed by atoms with Crippen molar-refractivity contribution in [2.75, 3.05) is 5.32 Å². The Morgan fingerprint density at radius 2 is 1.89 bits per heavy atom. The van der Waals surface area contributed by atoms with Gasteiger partial charge in [0.2, 0.25) is 5.91 Å². The van der Waals surface area contributed by atoms with Crippen LogP contribution in [0.4, 0.5) is 5.69 Å². The van der Waals surface area contributed by atoms with Crippen molar-refractivity contribution < 1.29 is 14.1 Å². The molecule has 0 bridgehead atoms. The van der Waals surface area contributed by atoms with Crippen LogP contribution in [-0.4, -0.2) is 11.1 Å². The predicted octanol–water partition coefficient (Wildman–Crippen LogP) is 5.12. The number of aromatic nitrogens is 1. The van der Waals surface area contributed by atoms with Crippen LogP contribution in [0.5, 0.6) is 5.75 Å². The highest BCUT2D eigenvalue weighted by atomic mass is 79.9. The third kappa shape index (κ3) is 4.98. The average molecular weight is 429 g/mol. The van der Waals surface area contributed by atoms with Crippen molar-refractivity contribution >= 4 is 27.5 Å². The lowest BCUT2D eigenvalue weighted by Gasteiger charge is -2.10. The molecule has 1 aromatic heterocycles. The zero-order valence-electron chi connectivity index (χ0n) is 15.5. The molecule has 1 amide bonds. The number of anilines is 1. The first kappa shape index (κ1) is 19.2. The minimum absolute atomic E-state index is 0.0511. The van der Waals surface area contributed by atoms with Crippen LogP contribution >= 0.6 is 15.9 Å². The van der Waals surface area contributed by atoms with Gasteiger partial charge in [-0.3, -0.25) is 4.79 Å².